The second-order valence-corrected chi connectivity index (χ2v) is 6.09. The normalized spacial score (nSPS) is 10.2. The van der Waals surface area contributed by atoms with Gasteiger partial charge in [0.2, 0.25) is 0 Å². The number of rotatable bonds is 7. The molecule has 3 rings (SSSR count). The zero-order chi connectivity index (χ0) is 19.9. The highest BCUT2D eigenvalue weighted by Crippen LogP contribution is 2.39. The lowest BCUT2D eigenvalue weighted by Crippen LogP contribution is -2.14. The van der Waals surface area contributed by atoms with Gasteiger partial charge in [-0.05, 0) is 24.6 Å². The van der Waals surface area contributed by atoms with Gasteiger partial charge in [-0.2, -0.15) is 0 Å². The quantitative estimate of drug-likeness (QED) is 0.436. The molecule has 0 radical (unpaired) electrons. The van der Waals surface area contributed by atoms with E-state index in [2.05, 4.69) is 0 Å². The number of benzene rings is 3. The van der Waals surface area contributed by atoms with E-state index in [1.165, 1.54) is 7.11 Å². The van der Waals surface area contributed by atoms with Crippen LogP contribution in [-0.2, 0) is 6.61 Å². The summed E-state index contributed by atoms with van der Waals surface area (Å²) in [5, 5.41) is 0. The molecule has 3 aromatic rings. The van der Waals surface area contributed by atoms with Crippen LogP contribution in [0, 0.1) is 6.92 Å². The van der Waals surface area contributed by atoms with Crippen molar-refractivity contribution >= 4 is 5.97 Å². The first kappa shape index (κ1) is 19.3. The average Bonchev–Trinajstić information content (AvgIpc) is 2.73. The molecule has 0 spiro atoms. The number of ether oxygens (including phenoxy) is 4. The van der Waals surface area contributed by atoms with Crippen molar-refractivity contribution in [2.24, 2.45) is 0 Å². The van der Waals surface area contributed by atoms with Crippen molar-refractivity contribution in [1.29, 1.82) is 0 Å². The SMILES string of the molecule is COc1cc(OCc2ccccc2)c(C(=O)Oc2ccccc2)c(C)c1OC. The van der Waals surface area contributed by atoms with Crippen molar-refractivity contribution in [2.45, 2.75) is 13.5 Å². The van der Waals surface area contributed by atoms with Crippen LogP contribution >= 0.6 is 0 Å². The lowest BCUT2D eigenvalue weighted by Gasteiger charge is -2.18. The summed E-state index contributed by atoms with van der Waals surface area (Å²) in [7, 11) is 3.07. The van der Waals surface area contributed by atoms with E-state index in [1.807, 2.05) is 36.4 Å². The molecule has 0 unspecified atom stereocenters. The van der Waals surface area contributed by atoms with Gasteiger partial charge in [0, 0.05) is 11.6 Å². The second-order valence-electron chi connectivity index (χ2n) is 6.09. The standard InChI is InChI=1S/C23H22O5/c1-16-21(23(24)28-18-12-8-5-9-13-18)19(14-20(25-2)22(16)26-3)27-15-17-10-6-4-7-11-17/h4-14H,15H2,1-3H3. The van der Waals surface area contributed by atoms with E-state index < -0.39 is 5.97 Å². The summed E-state index contributed by atoms with van der Waals surface area (Å²) in [6.07, 6.45) is 0. The monoisotopic (exact) mass is 378 g/mol. The minimum Gasteiger partial charge on any atom is -0.493 e. The van der Waals surface area contributed by atoms with E-state index >= 15 is 0 Å². The number of esters is 1. The Morgan fingerprint density at radius 3 is 2.11 bits per heavy atom. The molecular formula is C23H22O5. The number of hydrogen-bond acceptors (Lipinski definition) is 5. The maximum Gasteiger partial charge on any atom is 0.347 e. The zero-order valence-corrected chi connectivity index (χ0v) is 16.1. The Hall–Kier alpha value is -3.47. The van der Waals surface area contributed by atoms with Crippen LogP contribution in [-0.4, -0.2) is 20.2 Å². The number of hydrogen-bond donors (Lipinski definition) is 0. The molecule has 144 valence electrons. The summed E-state index contributed by atoms with van der Waals surface area (Å²) in [6.45, 7) is 2.08. The van der Waals surface area contributed by atoms with Gasteiger partial charge < -0.3 is 18.9 Å². The Morgan fingerprint density at radius 2 is 1.50 bits per heavy atom. The number of carbonyl (C=O) groups excluding carboxylic acids is 1. The van der Waals surface area contributed by atoms with Crippen LogP contribution in [0.4, 0.5) is 0 Å². The lowest BCUT2D eigenvalue weighted by molar-refractivity contribution is 0.0728. The van der Waals surface area contributed by atoms with E-state index in [1.54, 1.807) is 44.4 Å². The Labute approximate surface area is 164 Å². The van der Waals surface area contributed by atoms with Gasteiger partial charge in [-0.1, -0.05) is 48.5 Å². The molecule has 0 atom stereocenters. The van der Waals surface area contributed by atoms with Crippen molar-refractivity contribution in [3.05, 3.63) is 83.4 Å². The highest BCUT2D eigenvalue weighted by atomic mass is 16.5. The third-order valence-corrected chi connectivity index (χ3v) is 4.27. The third kappa shape index (κ3) is 4.26. The Balaban J connectivity index is 1.98. The van der Waals surface area contributed by atoms with Crippen LogP contribution in [0.1, 0.15) is 21.5 Å². The summed E-state index contributed by atoms with van der Waals surface area (Å²) in [5.74, 6) is 1.26. The molecule has 3 aromatic carbocycles. The molecule has 0 saturated heterocycles. The lowest BCUT2D eigenvalue weighted by atomic mass is 10.1. The van der Waals surface area contributed by atoms with Gasteiger partial charge in [-0.3, -0.25) is 0 Å². The van der Waals surface area contributed by atoms with Crippen LogP contribution in [0.3, 0.4) is 0 Å². The third-order valence-electron chi connectivity index (χ3n) is 4.27. The highest BCUT2D eigenvalue weighted by Gasteiger charge is 2.24. The molecule has 0 aliphatic carbocycles. The maximum absolute atomic E-state index is 12.9. The highest BCUT2D eigenvalue weighted by molar-refractivity contribution is 5.97. The van der Waals surface area contributed by atoms with Crippen molar-refractivity contribution < 1.29 is 23.7 Å². The molecule has 0 heterocycles. The van der Waals surface area contributed by atoms with Crippen LogP contribution in [0.5, 0.6) is 23.0 Å². The summed E-state index contributed by atoms with van der Waals surface area (Å²) in [4.78, 5) is 12.9. The van der Waals surface area contributed by atoms with Crippen LogP contribution < -0.4 is 18.9 Å². The first-order valence-electron chi connectivity index (χ1n) is 8.83. The first-order valence-corrected chi connectivity index (χ1v) is 8.83. The Morgan fingerprint density at radius 1 is 0.857 bits per heavy atom. The molecule has 0 aromatic heterocycles. The molecule has 0 saturated carbocycles. The molecular weight excluding hydrogens is 356 g/mol. The van der Waals surface area contributed by atoms with Gasteiger partial charge in [0.1, 0.15) is 23.7 Å². The average molecular weight is 378 g/mol. The second kappa shape index (κ2) is 8.95. The zero-order valence-electron chi connectivity index (χ0n) is 16.1. The van der Waals surface area contributed by atoms with Crippen molar-refractivity contribution in [3.63, 3.8) is 0 Å². The fourth-order valence-corrected chi connectivity index (χ4v) is 2.89. The molecule has 0 aliphatic heterocycles. The molecule has 5 heteroatoms. The summed E-state index contributed by atoms with van der Waals surface area (Å²) in [6, 6.07) is 20.3. The first-order chi connectivity index (χ1) is 13.6. The predicted octanol–water partition coefficient (Wildman–Crippen LogP) is 4.81. The molecule has 28 heavy (non-hydrogen) atoms. The van der Waals surface area contributed by atoms with Gasteiger partial charge in [0.15, 0.2) is 11.5 Å². The number of para-hydroxylation sites is 1. The van der Waals surface area contributed by atoms with Crippen LogP contribution in [0.2, 0.25) is 0 Å². The summed E-state index contributed by atoms with van der Waals surface area (Å²) in [5.41, 5.74) is 1.88. The van der Waals surface area contributed by atoms with E-state index in [4.69, 9.17) is 18.9 Å². The van der Waals surface area contributed by atoms with Gasteiger partial charge in [-0.25, -0.2) is 4.79 Å². The molecule has 0 bridgehead atoms. The van der Waals surface area contributed by atoms with Gasteiger partial charge in [0.25, 0.3) is 0 Å². The maximum atomic E-state index is 12.9. The molecule has 0 aliphatic rings. The Kier molecular flexibility index (Phi) is 6.17. The molecule has 0 N–H and O–H groups in total. The topological polar surface area (TPSA) is 54.0 Å². The van der Waals surface area contributed by atoms with Crippen LogP contribution in [0.15, 0.2) is 66.7 Å². The summed E-state index contributed by atoms with van der Waals surface area (Å²) < 4.78 is 22.3. The minimum absolute atomic E-state index is 0.303. The number of carbonyl (C=O) groups is 1. The van der Waals surface area contributed by atoms with E-state index in [0.29, 0.717) is 40.7 Å². The number of methoxy groups -OCH3 is 2. The summed E-state index contributed by atoms with van der Waals surface area (Å²) >= 11 is 0. The van der Waals surface area contributed by atoms with Crippen LogP contribution in [0.25, 0.3) is 0 Å². The van der Waals surface area contributed by atoms with E-state index in [9.17, 15) is 4.79 Å². The molecule has 0 amide bonds. The predicted molar refractivity (Wildman–Crippen MR) is 106 cm³/mol. The molecule has 0 fully saturated rings. The van der Waals surface area contributed by atoms with E-state index in [-0.39, 0.29) is 0 Å². The fraction of sp³-hybridized carbons (Fsp3) is 0.174. The van der Waals surface area contributed by atoms with E-state index in [0.717, 1.165) is 5.56 Å². The smallest absolute Gasteiger partial charge is 0.347 e. The molecule has 5 nitrogen and oxygen atoms in total. The van der Waals surface area contributed by atoms with Gasteiger partial charge >= 0.3 is 5.97 Å². The fourth-order valence-electron chi connectivity index (χ4n) is 2.89. The minimum atomic E-state index is -0.521. The van der Waals surface area contributed by atoms with Crippen molar-refractivity contribution in [3.8, 4) is 23.0 Å². The van der Waals surface area contributed by atoms with Crippen molar-refractivity contribution in [2.75, 3.05) is 14.2 Å². The van der Waals surface area contributed by atoms with Gasteiger partial charge in [-0.15, -0.1) is 0 Å². The largest absolute Gasteiger partial charge is 0.493 e. The van der Waals surface area contributed by atoms with Gasteiger partial charge in [0.05, 0.1) is 14.2 Å². The van der Waals surface area contributed by atoms with Crippen molar-refractivity contribution in [1.82, 2.24) is 0 Å². The Bertz CT molecular complexity index is 936.